The van der Waals surface area contributed by atoms with E-state index in [9.17, 15) is 8.42 Å². The molecule has 1 saturated heterocycles. The fourth-order valence-corrected chi connectivity index (χ4v) is 4.50. The zero-order chi connectivity index (χ0) is 15.5. The fourth-order valence-electron chi connectivity index (χ4n) is 2.66. The Morgan fingerprint density at radius 3 is 2.52 bits per heavy atom. The molecule has 1 aromatic rings. The first-order valence-electron chi connectivity index (χ1n) is 7.39. The van der Waals surface area contributed by atoms with Crippen molar-refractivity contribution in [1.82, 2.24) is 9.62 Å². The maximum atomic E-state index is 12.8. The summed E-state index contributed by atoms with van der Waals surface area (Å²) in [5.41, 5.74) is 0. The molecule has 0 bridgehead atoms. The molecule has 1 aliphatic rings. The molecule has 1 aromatic carbocycles. The van der Waals surface area contributed by atoms with E-state index in [1.807, 2.05) is 13.8 Å². The smallest absolute Gasteiger partial charge is 0.243 e. The number of nitrogens with one attached hydrogen (secondary N) is 1. The summed E-state index contributed by atoms with van der Waals surface area (Å²) in [6.07, 6.45) is 2.18. The highest BCUT2D eigenvalue weighted by molar-refractivity contribution is 7.89. The van der Waals surface area contributed by atoms with Gasteiger partial charge in [-0.2, -0.15) is 4.31 Å². The second-order valence-electron chi connectivity index (χ2n) is 5.83. The van der Waals surface area contributed by atoms with Gasteiger partial charge in [-0.25, -0.2) is 8.42 Å². The minimum atomic E-state index is -3.47. The zero-order valence-electron chi connectivity index (χ0n) is 12.5. The molecule has 1 atom stereocenters. The summed E-state index contributed by atoms with van der Waals surface area (Å²) in [6.45, 7) is 6.32. The van der Waals surface area contributed by atoms with Gasteiger partial charge in [-0.15, -0.1) is 0 Å². The van der Waals surface area contributed by atoms with Crippen molar-refractivity contribution >= 4 is 21.6 Å². The molecule has 1 heterocycles. The Morgan fingerprint density at radius 1 is 1.33 bits per heavy atom. The van der Waals surface area contributed by atoms with Crippen LogP contribution < -0.4 is 5.32 Å². The van der Waals surface area contributed by atoms with Crippen LogP contribution in [0.25, 0.3) is 0 Å². The number of piperidine rings is 1. The minimum absolute atomic E-state index is 0.0624. The van der Waals surface area contributed by atoms with Crippen molar-refractivity contribution in [3.63, 3.8) is 0 Å². The van der Waals surface area contributed by atoms with Crippen LogP contribution >= 0.6 is 11.6 Å². The zero-order valence-corrected chi connectivity index (χ0v) is 14.1. The van der Waals surface area contributed by atoms with Crippen molar-refractivity contribution in [2.24, 2.45) is 5.92 Å². The number of nitrogens with zero attached hydrogens (tertiary/aromatic N) is 1. The molecule has 0 saturated carbocycles. The van der Waals surface area contributed by atoms with Gasteiger partial charge in [0.25, 0.3) is 0 Å². The Morgan fingerprint density at radius 2 is 2.00 bits per heavy atom. The van der Waals surface area contributed by atoms with Gasteiger partial charge in [-0.1, -0.05) is 11.6 Å². The highest BCUT2D eigenvalue weighted by atomic mass is 35.5. The third kappa shape index (κ3) is 4.19. The van der Waals surface area contributed by atoms with E-state index in [-0.39, 0.29) is 6.04 Å². The molecule has 2 rings (SSSR count). The lowest BCUT2D eigenvalue weighted by Crippen LogP contribution is -2.44. The molecular formula is C15H23ClN2O2S. The lowest BCUT2D eigenvalue weighted by molar-refractivity contribution is 0.264. The number of rotatable bonds is 5. The summed E-state index contributed by atoms with van der Waals surface area (Å²) in [6, 6.07) is 6.33. The van der Waals surface area contributed by atoms with E-state index in [0.717, 1.165) is 25.9 Å². The summed E-state index contributed by atoms with van der Waals surface area (Å²) >= 11 is 5.84. The molecule has 0 radical (unpaired) electrons. The molecule has 6 heteroatoms. The van der Waals surface area contributed by atoms with E-state index in [2.05, 4.69) is 5.32 Å². The number of benzene rings is 1. The largest absolute Gasteiger partial charge is 0.316 e. The Labute approximate surface area is 132 Å². The van der Waals surface area contributed by atoms with Crippen LogP contribution in [-0.4, -0.2) is 38.4 Å². The van der Waals surface area contributed by atoms with Gasteiger partial charge in [-0.05, 0) is 70.0 Å². The van der Waals surface area contributed by atoms with Gasteiger partial charge in [0.1, 0.15) is 0 Å². The van der Waals surface area contributed by atoms with E-state index in [0.29, 0.717) is 22.4 Å². The van der Waals surface area contributed by atoms with Crippen molar-refractivity contribution in [3.8, 4) is 0 Å². The molecule has 0 spiro atoms. The van der Waals surface area contributed by atoms with Crippen molar-refractivity contribution in [2.45, 2.75) is 37.6 Å². The third-order valence-electron chi connectivity index (χ3n) is 3.83. The molecule has 0 aliphatic carbocycles. The van der Waals surface area contributed by atoms with E-state index in [4.69, 9.17) is 11.6 Å². The second kappa shape index (κ2) is 7.09. The summed E-state index contributed by atoms with van der Waals surface area (Å²) in [5, 5.41) is 3.88. The molecule has 1 fully saturated rings. The molecule has 1 unspecified atom stereocenters. The lowest BCUT2D eigenvalue weighted by atomic mass is 9.99. The van der Waals surface area contributed by atoms with Crippen LogP contribution in [0.3, 0.4) is 0 Å². The van der Waals surface area contributed by atoms with Crippen molar-refractivity contribution in [3.05, 3.63) is 29.3 Å². The molecule has 21 heavy (non-hydrogen) atoms. The van der Waals surface area contributed by atoms with Gasteiger partial charge >= 0.3 is 0 Å². The highest BCUT2D eigenvalue weighted by Gasteiger charge is 2.29. The van der Waals surface area contributed by atoms with Crippen LogP contribution in [0.4, 0.5) is 0 Å². The number of hydrogen-bond donors (Lipinski definition) is 1. The van der Waals surface area contributed by atoms with Crippen LogP contribution in [0.1, 0.15) is 26.7 Å². The van der Waals surface area contributed by atoms with Gasteiger partial charge in [0.2, 0.25) is 10.0 Å². The average Bonchev–Trinajstić information content (AvgIpc) is 2.46. The van der Waals surface area contributed by atoms with Gasteiger partial charge < -0.3 is 5.32 Å². The van der Waals surface area contributed by atoms with Crippen LogP contribution in [0, 0.1) is 5.92 Å². The first kappa shape index (κ1) is 16.7. The standard InChI is InChI=1S/C15H23ClN2O2S/c1-12(2)18(11-13-4-3-9-17-10-13)21(19,20)15-7-5-14(16)6-8-15/h5-8,12-13,17H,3-4,9-11H2,1-2H3. The molecular weight excluding hydrogens is 308 g/mol. The van der Waals surface area contributed by atoms with E-state index in [1.165, 1.54) is 0 Å². The highest BCUT2D eigenvalue weighted by Crippen LogP contribution is 2.23. The fraction of sp³-hybridized carbons (Fsp3) is 0.600. The number of sulfonamides is 1. The molecule has 4 nitrogen and oxygen atoms in total. The average molecular weight is 331 g/mol. The SMILES string of the molecule is CC(C)N(CC1CCCNC1)S(=O)(=O)c1ccc(Cl)cc1. The van der Waals surface area contributed by atoms with Crippen molar-refractivity contribution < 1.29 is 8.42 Å². The van der Waals surface area contributed by atoms with Gasteiger partial charge in [0.05, 0.1) is 4.90 Å². The van der Waals surface area contributed by atoms with Crippen LogP contribution in [0.2, 0.25) is 5.02 Å². The second-order valence-corrected chi connectivity index (χ2v) is 8.16. The topological polar surface area (TPSA) is 49.4 Å². The van der Waals surface area contributed by atoms with Crippen molar-refractivity contribution in [2.75, 3.05) is 19.6 Å². The Hall–Kier alpha value is -0.620. The van der Waals surface area contributed by atoms with E-state index < -0.39 is 10.0 Å². The number of halogens is 1. The molecule has 1 aliphatic heterocycles. The van der Waals surface area contributed by atoms with Gasteiger partial charge in [0, 0.05) is 17.6 Å². The summed E-state index contributed by atoms with van der Waals surface area (Å²) in [7, 11) is -3.47. The Kier molecular flexibility index (Phi) is 5.66. The molecule has 118 valence electrons. The van der Waals surface area contributed by atoms with Gasteiger partial charge in [-0.3, -0.25) is 0 Å². The monoisotopic (exact) mass is 330 g/mol. The van der Waals surface area contributed by atoms with E-state index in [1.54, 1.807) is 28.6 Å². The summed E-state index contributed by atoms with van der Waals surface area (Å²) < 4.78 is 27.2. The first-order valence-corrected chi connectivity index (χ1v) is 9.21. The van der Waals surface area contributed by atoms with Crippen LogP contribution in [-0.2, 0) is 10.0 Å². The Bertz CT molecular complexity index is 552. The van der Waals surface area contributed by atoms with Gasteiger partial charge in [0.15, 0.2) is 0 Å². The normalized spacial score (nSPS) is 20.1. The quantitative estimate of drug-likeness (QED) is 0.903. The predicted molar refractivity (Wildman–Crippen MR) is 86.1 cm³/mol. The Balaban J connectivity index is 2.21. The first-order chi connectivity index (χ1) is 9.91. The summed E-state index contributed by atoms with van der Waals surface area (Å²) in [4.78, 5) is 0.310. The van der Waals surface area contributed by atoms with Crippen molar-refractivity contribution in [1.29, 1.82) is 0 Å². The minimum Gasteiger partial charge on any atom is -0.316 e. The predicted octanol–water partition coefficient (Wildman–Crippen LogP) is 2.74. The summed E-state index contributed by atoms with van der Waals surface area (Å²) in [5.74, 6) is 0.378. The van der Waals surface area contributed by atoms with Crippen LogP contribution in [0.5, 0.6) is 0 Å². The lowest BCUT2D eigenvalue weighted by Gasteiger charge is -2.32. The third-order valence-corrected chi connectivity index (χ3v) is 6.14. The molecule has 0 amide bonds. The number of hydrogen-bond acceptors (Lipinski definition) is 3. The maximum absolute atomic E-state index is 12.8. The van der Waals surface area contributed by atoms with E-state index >= 15 is 0 Å². The molecule has 1 N–H and O–H groups in total. The molecule has 0 aromatic heterocycles. The maximum Gasteiger partial charge on any atom is 0.243 e. The van der Waals surface area contributed by atoms with Crippen LogP contribution in [0.15, 0.2) is 29.2 Å².